The van der Waals surface area contributed by atoms with Crippen LogP contribution in [0.25, 0.3) is 0 Å². The van der Waals surface area contributed by atoms with Crippen LogP contribution in [0.3, 0.4) is 0 Å². The summed E-state index contributed by atoms with van der Waals surface area (Å²) in [7, 11) is 1.67. The van der Waals surface area contributed by atoms with Crippen molar-refractivity contribution in [2.75, 3.05) is 13.7 Å². The molecule has 1 aromatic carbocycles. The number of benzene rings is 1. The molecule has 3 nitrogen and oxygen atoms in total. The average molecular weight is 279 g/mol. The molecular formula is C11H16ClFN2OS. The van der Waals surface area contributed by atoms with E-state index in [9.17, 15) is 4.39 Å². The van der Waals surface area contributed by atoms with Gasteiger partial charge < -0.3 is 15.8 Å². The van der Waals surface area contributed by atoms with Crippen molar-refractivity contribution in [3.63, 3.8) is 0 Å². The zero-order valence-electron chi connectivity index (χ0n) is 9.48. The molecule has 0 radical (unpaired) electrons. The van der Waals surface area contributed by atoms with E-state index in [2.05, 4.69) is 5.32 Å². The summed E-state index contributed by atoms with van der Waals surface area (Å²) in [4.78, 5) is 0. The van der Waals surface area contributed by atoms with Crippen LogP contribution in [0, 0.1) is 5.82 Å². The summed E-state index contributed by atoms with van der Waals surface area (Å²) in [5, 5.41) is 2.97. The van der Waals surface area contributed by atoms with Crippen LogP contribution in [0.1, 0.15) is 5.56 Å². The third kappa shape index (κ3) is 5.81. The van der Waals surface area contributed by atoms with Crippen molar-refractivity contribution in [3.05, 3.63) is 35.6 Å². The van der Waals surface area contributed by atoms with Crippen LogP contribution in [0.2, 0.25) is 0 Å². The predicted octanol–water partition coefficient (Wildman–Crippen LogP) is 1.64. The molecule has 0 heterocycles. The molecule has 0 saturated carbocycles. The molecule has 0 amide bonds. The average Bonchev–Trinajstić information content (AvgIpc) is 2.29. The van der Waals surface area contributed by atoms with E-state index in [-0.39, 0.29) is 30.9 Å². The maximum atomic E-state index is 13.3. The van der Waals surface area contributed by atoms with Gasteiger partial charge in [0.2, 0.25) is 0 Å². The second kappa shape index (κ2) is 8.22. The standard InChI is InChI=1S/C11H15FN2OS.ClH/c1-14-11(16)15-7-9(13)6-8-4-2-3-5-10(8)12;/h2-5,9H,6-7,13H2,1H3,(H,14,16);1H/t9-;/m0./s1. The first-order chi connectivity index (χ1) is 7.63. The molecule has 0 unspecified atom stereocenters. The summed E-state index contributed by atoms with van der Waals surface area (Å²) in [6.45, 7) is 0.272. The van der Waals surface area contributed by atoms with Gasteiger partial charge in [-0.25, -0.2) is 4.39 Å². The second-order valence-electron chi connectivity index (χ2n) is 3.40. The quantitative estimate of drug-likeness (QED) is 0.822. The third-order valence-corrected chi connectivity index (χ3v) is 2.39. The van der Waals surface area contributed by atoms with Crippen LogP contribution in [-0.4, -0.2) is 24.9 Å². The Morgan fingerprint density at radius 3 is 2.76 bits per heavy atom. The highest BCUT2D eigenvalue weighted by molar-refractivity contribution is 7.80. The number of halogens is 2. The minimum atomic E-state index is -0.275. The molecule has 0 spiro atoms. The lowest BCUT2D eigenvalue weighted by Crippen LogP contribution is -2.32. The largest absolute Gasteiger partial charge is 0.469 e. The van der Waals surface area contributed by atoms with E-state index < -0.39 is 0 Å². The summed E-state index contributed by atoms with van der Waals surface area (Å²) in [6.07, 6.45) is 0.430. The van der Waals surface area contributed by atoms with Crippen molar-refractivity contribution >= 4 is 29.8 Å². The molecule has 1 aromatic rings. The predicted molar refractivity (Wildman–Crippen MR) is 72.9 cm³/mol. The monoisotopic (exact) mass is 278 g/mol. The second-order valence-corrected chi connectivity index (χ2v) is 3.77. The highest BCUT2D eigenvalue weighted by atomic mass is 35.5. The number of thiocarbonyl (C=S) groups is 1. The molecule has 0 fully saturated rings. The van der Waals surface area contributed by atoms with Gasteiger partial charge in [0.05, 0.1) is 0 Å². The Hall–Kier alpha value is -0.910. The molecule has 6 heteroatoms. The Bertz CT molecular complexity index is 365. The summed E-state index contributed by atoms with van der Waals surface area (Å²) in [5.41, 5.74) is 6.39. The van der Waals surface area contributed by atoms with Gasteiger partial charge in [-0.15, -0.1) is 12.4 Å². The van der Waals surface area contributed by atoms with E-state index >= 15 is 0 Å². The SMILES string of the molecule is CNC(=S)OC[C@@H](N)Cc1ccccc1F.Cl. The van der Waals surface area contributed by atoms with Gasteiger partial charge in [-0.3, -0.25) is 0 Å². The fourth-order valence-electron chi connectivity index (χ4n) is 1.26. The minimum Gasteiger partial charge on any atom is -0.469 e. The van der Waals surface area contributed by atoms with Crippen LogP contribution in [-0.2, 0) is 11.2 Å². The molecule has 96 valence electrons. The van der Waals surface area contributed by atoms with Gasteiger partial charge in [0.1, 0.15) is 12.4 Å². The van der Waals surface area contributed by atoms with Crippen molar-refractivity contribution in [2.24, 2.45) is 5.73 Å². The summed E-state index contributed by atoms with van der Waals surface area (Å²) >= 11 is 4.80. The molecular weight excluding hydrogens is 263 g/mol. The van der Waals surface area contributed by atoms with Crippen molar-refractivity contribution in [1.29, 1.82) is 0 Å². The Labute approximate surface area is 112 Å². The van der Waals surface area contributed by atoms with E-state index in [1.54, 1.807) is 25.2 Å². The molecule has 0 bridgehead atoms. The molecule has 0 aliphatic heterocycles. The van der Waals surface area contributed by atoms with Crippen LogP contribution < -0.4 is 11.1 Å². The molecule has 0 saturated heterocycles. The van der Waals surface area contributed by atoms with Crippen LogP contribution in [0.5, 0.6) is 0 Å². The Kier molecular flexibility index (Phi) is 7.78. The zero-order chi connectivity index (χ0) is 12.0. The Balaban J connectivity index is 0.00000256. The van der Waals surface area contributed by atoms with E-state index in [0.29, 0.717) is 17.2 Å². The van der Waals surface area contributed by atoms with Crippen molar-refractivity contribution in [3.8, 4) is 0 Å². The van der Waals surface area contributed by atoms with E-state index in [0.717, 1.165) is 0 Å². The van der Waals surface area contributed by atoms with Crippen molar-refractivity contribution < 1.29 is 9.13 Å². The van der Waals surface area contributed by atoms with Crippen molar-refractivity contribution in [2.45, 2.75) is 12.5 Å². The molecule has 17 heavy (non-hydrogen) atoms. The molecule has 0 aliphatic rings. The zero-order valence-corrected chi connectivity index (χ0v) is 11.1. The minimum absolute atomic E-state index is 0. The molecule has 1 rings (SSSR count). The summed E-state index contributed by atoms with van der Waals surface area (Å²) < 4.78 is 18.4. The number of ether oxygens (including phenoxy) is 1. The Morgan fingerprint density at radius 1 is 1.53 bits per heavy atom. The number of hydrogen-bond acceptors (Lipinski definition) is 3. The Morgan fingerprint density at radius 2 is 2.18 bits per heavy atom. The van der Waals surface area contributed by atoms with E-state index in [4.69, 9.17) is 22.7 Å². The lowest BCUT2D eigenvalue weighted by molar-refractivity contribution is 0.272. The first-order valence-electron chi connectivity index (χ1n) is 4.97. The number of rotatable bonds is 4. The first kappa shape index (κ1) is 16.1. The fraction of sp³-hybridized carbons (Fsp3) is 0.364. The van der Waals surface area contributed by atoms with E-state index in [1.165, 1.54) is 6.07 Å². The van der Waals surface area contributed by atoms with Crippen LogP contribution in [0.4, 0.5) is 4.39 Å². The lowest BCUT2D eigenvalue weighted by Gasteiger charge is -2.13. The van der Waals surface area contributed by atoms with E-state index in [1.807, 2.05) is 0 Å². The summed E-state index contributed by atoms with van der Waals surface area (Å²) in [5.74, 6) is -0.242. The van der Waals surface area contributed by atoms with Crippen LogP contribution >= 0.6 is 24.6 Å². The van der Waals surface area contributed by atoms with Gasteiger partial charge in [-0.2, -0.15) is 0 Å². The third-order valence-electron chi connectivity index (χ3n) is 2.07. The first-order valence-corrected chi connectivity index (χ1v) is 5.37. The van der Waals surface area contributed by atoms with Gasteiger partial charge in [0.25, 0.3) is 5.17 Å². The normalized spacial score (nSPS) is 11.2. The highest BCUT2D eigenvalue weighted by Gasteiger charge is 2.08. The fourth-order valence-corrected chi connectivity index (χ4v) is 1.33. The van der Waals surface area contributed by atoms with Gasteiger partial charge in [-0.1, -0.05) is 18.2 Å². The molecule has 1 atom stereocenters. The highest BCUT2D eigenvalue weighted by Crippen LogP contribution is 2.08. The number of nitrogens with two attached hydrogens (primary N) is 1. The number of hydrogen-bond donors (Lipinski definition) is 2. The van der Waals surface area contributed by atoms with Crippen molar-refractivity contribution in [1.82, 2.24) is 5.32 Å². The lowest BCUT2D eigenvalue weighted by atomic mass is 10.1. The van der Waals surface area contributed by atoms with Gasteiger partial charge >= 0.3 is 0 Å². The maximum absolute atomic E-state index is 13.3. The molecule has 3 N–H and O–H groups in total. The van der Waals surface area contributed by atoms with Gasteiger partial charge in [0, 0.05) is 13.1 Å². The van der Waals surface area contributed by atoms with Crippen LogP contribution in [0.15, 0.2) is 24.3 Å². The molecule has 0 aliphatic carbocycles. The maximum Gasteiger partial charge on any atom is 0.256 e. The smallest absolute Gasteiger partial charge is 0.256 e. The topological polar surface area (TPSA) is 47.3 Å². The molecule has 0 aromatic heterocycles. The van der Waals surface area contributed by atoms with Gasteiger partial charge in [-0.05, 0) is 30.3 Å². The summed E-state index contributed by atoms with van der Waals surface area (Å²) in [6, 6.07) is 6.29. The number of nitrogens with one attached hydrogen (secondary N) is 1. The van der Waals surface area contributed by atoms with Gasteiger partial charge in [0.15, 0.2) is 0 Å².